The Hall–Kier alpha value is -1.62. The zero-order valence-corrected chi connectivity index (χ0v) is 14.4. The molecule has 22 heavy (non-hydrogen) atoms. The lowest BCUT2D eigenvalue weighted by atomic mass is 9.75. The van der Waals surface area contributed by atoms with Crippen molar-refractivity contribution >= 4 is 16.7 Å². The summed E-state index contributed by atoms with van der Waals surface area (Å²) in [5.41, 5.74) is 1.44. The van der Waals surface area contributed by atoms with Gasteiger partial charge in [-0.25, -0.2) is 8.42 Å². The lowest BCUT2D eigenvalue weighted by molar-refractivity contribution is -0.146. The highest BCUT2D eigenvalue weighted by Crippen LogP contribution is 2.40. The predicted octanol–water partition coefficient (Wildman–Crippen LogP) is 3.10. The minimum atomic E-state index is -2.66. The van der Waals surface area contributed by atoms with E-state index in [1.807, 2.05) is 19.9 Å². The number of hydrogen-bond donors (Lipinski definition) is 2. The Kier molecular flexibility index (Phi) is 5.94. The molecule has 0 aromatic heterocycles. The number of allylic oxidation sites excluding steroid dienone is 6. The van der Waals surface area contributed by atoms with Crippen LogP contribution in [0.5, 0.6) is 0 Å². The Balaban J connectivity index is 3.41. The normalized spacial score (nSPS) is 26.3. The Bertz CT molecular complexity index is 625. The Morgan fingerprint density at radius 3 is 2.45 bits per heavy atom. The third-order valence-electron chi connectivity index (χ3n) is 4.11. The van der Waals surface area contributed by atoms with Crippen molar-refractivity contribution in [3.05, 3.63) is 47.6 Å². The molecular formula is C17H24O4S. The standard InChI is InChI=1S/C17H24O4S/c1-6-8-12-9-13(10-17(4,5)16(18)19)11(3)15(22(20)21)14(12)7-2/h6-9,11,15,22H,1,10H2,2-5H3,(H,18,19)/b12-8-,14-7+/t11-,15?/m1/s1. The van der Waals surface area contributed by atoms with Crippen molar-refractivity contribution < 1.29 is 18.3 Å². The smallest absolute Gasteiger partial charge is 0.309 e. The second-order valence-electron chi connectivity index (χ2n) is 6.21. The topological polar surface area (TPSA) is 71.4 Å². The molecular weight excluding hydrogens is 300 g/mol. The fourth-order valence-corrected chi connectivity index (χ4v) is 3.84. The molecule has 0 aromatic rings. The molecule has 122 valence electrons. The average Bonchev–Trinajstić information content (AvgIpc) is 2.41. The van der Waals surface area contributed by atoms with Crippen molar-refractivity contribution in [2.45, 2.75) is 39.4 Å². The molecule has 4 nitrogen and oxygen atoms in total. The van der Waals surface area contributed by atoms with Gasteiger partial charge in [0.15, 0.2) is 0 Å². The Morgan fingerprint density at radius 2 is 2.05 bits per heavy atom. The maximum absolute atomic E-state index is 11.7. The van der Waals surface area contributed by atoms with Crippen LogP contribution in [0, 0.1) is 11.3 Å². The number of carboxylic acids is 1. The van der Waals surface area contributed by atoms with Gasteiger partial charge in [0.2, 0.25) is 0 Å². The highest BCUT2D eigenvalue weighted by molar-refractivity contribution is 7.73. The fourth-order valence-electron chi connectivity index (χ4n) is 2.76. The summed E-state index contributed by atoms with van der Waals surface area (Å²) in [6, 6.07) is 0. The van der Waals surface area contributed by atoms with Gasteiger partial charge in [0.25, 0.3) is 0 Å². The molecule has 0 radical (unpaired) electrons. The predicted molar refractivity (Wildman–Crippen MR) is 89.4 cm³/mol. The van der Waals surface area contributed by atoms with Gasteiger partial charge in [-0.1, -0.05) is 43.4 Å². The molecule has 1 aliphatic rings. The van der Waals surface area contributed by atoms with Gasteiger partial charge in [-0.2, -0.15) is 0 Å². The van der Waals surface area contributed by atoms with E-state index in [0.29, 0.717) is 6.42 Å². The van der Waals surface area contributed by atoms with E-state index in [1.165, 1.54) is 0 Å². The van der Waals surface area contributed by atoms with E-state index >= 15 is 0 Å². The number of carbonyl (C=O) groups is 1. The number of carboxylic acid groups (broad SMARTS) is 1. The van der Waals surface area contributed by atoms with E-state index < -0.39 is 27.3 Å². The van der Waals surface area contributed by atoms with E-state index in [-0.39, 0.29) is 5.92 Å². The van der Waals surface area contributed by atoms with Crippen LogP contribution >= 0.6 is 0 Å². The molecule has 1 aliphatic carbocycles. The third kappa shape index (κ3) is 3.77. The molecule has 1 rings (SSSR count). The maximum atomic E-state index is 11.7. The number of thiol groups is 1. The summed E-state index contributed by atoms with van der Waals surface area (Å²) in [5.74, 6) is -1.14. The van der Waals surface area contributed by atoms with Gasteiger partial charge >= 0.3 is 5.97 Å². The summed E-state index contributed by atoms with van der Waals surface area (Å²) < 4.78 is 23.5. The summed E-state index contributed by atoms with van der Waals surface area (Å²) in [7, 11) is -2.66. The first kappa shape index (κ1) is 18.4. The van der Waals surface area contributed by atoms with E-state index in [4.69, 9.17) is 0 Å². The van der Waals surface area contributed by atoms with Crippen LogP contribution in [0.15, 0.2) is 47.6 Å². The van der Waals surface area contributed by atoms with Crippen molar-refractivity contribution in [1.29, 1.82) is 0 Å². The van der Waals surface area contributed by atoms with Crippen molar-refractivity contribution in [2.75, 3.05) is 0 Å². The molecule has 0 amide bonds. The molecule has 0 fully saturated rings. The average molecular weight is 324 g/mol. The third-order valence-corrected chi connectivity index (χ3v) is 5.29. The van der Waals surface area contributed by atoms with Gasteiger partial charge in [0, 0.05) is 0 Å². The van der Waals surface area contributed by atoms with Crippen molar-refractivity contribution in [1.82, 2.24) is 0 Å². The highest BCUT2D eigenvalue weighted by atomic mass is 32.2. The van der Waals surface area contributed by atoms with E-state index in [9.17, 15) is 18.3 Å². The van der Waals surface area contributed by atoms with Crippen LogP contribution in [0.25, 0.3) is 0 Å². The van der Waals surface area contributed by atoms with Crippen LogP contribution in [0.2, 0.25) is 0 Å². The van der Waals surface area contributed by atoms with Crippen molar-refractivity contribution in [2.24, 2.45) is 11.3 Å². The van der Waals surface area contributed by atoms with Crippen molar-refractivity contribution in [3.63, 3.8) is 0 Å². The first-order valence-corrected chi connectivity index (χ1v) is 8.47. The lowest BCUT2D eigenvalue weighted by Gasteiger charge is -2.33. The molecule has 0 saturated carbocycles. The molecule has 2 atom stereocenters. The Labute approximate surface area is 133 Å². The van der Waals surface area contributed by atoms with Crippen molar-refractivity contribution in [3.8, 4) is 0 Å². The number of hydrogen-bond acceptors (Lipinski definition) is 3. The molecule has 5 heteroatoms. The molecule has 0 heterocycles. The van der Waals surface area contributed by atoms with Gasteiger partial charge in [-0.05, 0) is 44.3 Å². The largest absolute Gasteiger partial charge is 0.481 e. The highest BCUT2D eigenvalue weighted by Gasteiger charge is 2.36. The molecule has 1 N–H and O–H groups in total. The van der Waals surface area contributed by atoms with Crippen LogP contribution in [0.4, 0.5) is 0 Å². The van der Waals surface area contributed by atoms with Gasteiger partial charge in [-0.15, -0.1) is 0 Å². The second kappa shape index (κ2) is 7.09. The summed E-state index contributed by atoms with van der Waals surface area (Å²) in [6.07, 6.45) is 7.40. The van der Waals surface area contributed by atoms with Gasteiger partial charge in [-0.3, -0.25) is 4.79 Å². The van der Waals surface area contributed by atoms with Gasteiger partial charge in [0.05, 0.1) is 10.7 Å². The van der Waals surface area contributed by atoms with Crippen LogP contribution < -0.4 is 0 Å². The summed E-state index contributed by atoms with van der Waals surface area (Å²) >= 11 is 0. The monoisotopic (exact) mass is 324 g/mol. The van der Waals surface area contributed by atoms with Crippen LogP contribution in [-0.2, 0) is 15.5 Å². The lowest BCUT2D eigenvalue weighted by Crippen LogP contribution is -2.32. The summed E-state index contributed by atoms with van der Waals surface area (Å²) in [6.45, 7) is 10.6. The number of rotatable bonds is 5. The SMILES string of the molecule is C=C/C=C1/C=C(CC(C)(C)C(=O)O)[C@@H](C)C([SH](=O)=O)/C1=C/C. The fraction of sp³-hybridized carbons (Fsp3) is 0.471. The van der Waals surface area contributed by atoms with Crippen LogP contribution in [0.3, 0.4) is 0 Å². The van der Waals surface area contributed by atoms with Crippen LogP contribution in [0.1, 0.15) is 34.1 Å². The molecule has 0 aromatic carbocycles. The van der Waals surface area contributed by atoms with Crippen LogP contribution in [-0.4, -0.2) is 24.7 Å². The maximum Gasteiger partial charge on any atom is 0.309 e. The minimum absolute atomic E-state index is 0.243. The molecule has 0 aliphatic heterocycles. The second-order valence-corrected chi connectivity index (χ2v) is 7.33. The zero-order chi connectivity index (χ0) is 17.1. The van der Waals surface area contributed by atoms with E-state index in [1.54, 1.807) is 32.1 Å². The first-order valence-electron chi connectivity index (χ1n) is 7.22. The molecule has 0 spiro atoms. The molecule has 1 unspecified atom stereocenters. The van der Waals surface area contributed by atoms with E-state index in [2.05, 4.69) is 6.58 Å². The Morgan fingerprint density at radius 1 is 1.45 bits per heavy atom. The quantitative estimate of drug-likeness (QED) is 0.762. The molecule has 0 saturated heterocycles. The summed E-state index contributed by atoms with van der Waals surface area (Å²) in [5, 5.41) is 8.68. The minimum Gasteiger partial charge on any atom is -0.481 e. The zero-order valence-electron chi connectivity index (χ0n) is 13.5. The van der Waals surface area contributed by atoms with Gasteiger partial charge < -0.3 is 5.11 Å². The van der Waals surface area contributed by atoms with Gasteiger partial charge in [0.1, 0.15) is 10.7 Å². The number of aliphatic carboxylic acids is 1. The summed E-state index contributed by atoms with van der Waals surface area (Å²) in [4.78, 5) is 11.4. The molecule has 0 bridgehead atoms. The van der Waals surface area contributed by atoms with E-state index in [0.717, 1.165) is 16.7 Å². The first-order chi connectivity index (χ1) is 10.2.